The third-order valence-corrected chi connectivity index (χ3v) is 4.25. The minimum absolute atomic E-state index is 0.767. The number of nitrogens with one attached hydrogen (secondary N) is 1. The Kier molecular flexibility index (Phi) is 3.75. The van der Waals surface area contributed by atoms with E-state index in [2.05, 4.69) is 38.3 Å². The van der Waals surface area contributed by atoms with Crippen LogP contribution in [0.2, 0.25) is 0 Å². The Hall–Kier alpha value is -0.740. The van der Waals surface area contributed by atoms with Crippen LogP contribution in [0.3, 0.4) is 0 Å². The average Bonchev–Trinajstić information content (AvgIpc) is 2.41. The molecule has 0 aliphatic carbocycles. The second kappa shape index (κ2) is 5.49. The molecule has 0 spiro atoms. The summed E-state index contributed by atoms with van der Waals surface area (Å²) in [5, 5.41) is 3.49. The Labute approximate surface area is 117 Å². The van der Waals surface area contributed by atoms with Gasteiger partial charge < -0.3 is 15.0 Å². The van der Waals surface area contributed by atoms with Gasteiger partial charge in [0.25, 0.3) is 0 Å². The fourth-order valence-electron chi connectivity index (χ4n) is 2.83. The Morgan fingerprint density at radius 2 is 2.39 bits per heavy atom. The van der Waals surface area contributed by atoms with Crippen LogP contribution in [0.4, 0.5) is 5.69 Å². The van der Waals surface area contributed by atoms with Crippen LogP contribution in [-0.4, -0.2) is 32.8 Å². The van der Waals surface area contributed by atoms with Crippen LogP contribution in [0.25, 0.3) is 0 Å². The van der Waals surface area contributed by atoms with E-state index in [1.54, 1.807) is 0 Å². The zero-order valence-electron chi connectivity index (χ0n) is 10.5. The summed E-state index contributed by atoms with van der Waals surface area (Å²) in [6, 6.07) is 6.28. The van der Waals surface area contributed by atoms with Gasteiger partial charge in [-0.3, -0.25) is 0 Å². The standard InChI is InChI=1S/C14H19BrN2O/c15-12-3-4-14-13(8-12)17(6-7-18-14)10-11-2-1-5-16-9-11/h3-4,8,11,16H,1-2,5-7,9-10H2. The first-order chi connectivity index (χ1) is 8.83. The molecule has 1 atom stereocenters. The van der Waals surface area contributed by atoms with Crippen LogP contribution in [0.5, 0.6) is 5.75 Å². The molecule has 98 valence electrons. The summed E-state index contributed by atoms with van der Waals surface area (Å²) >= 11 is 3.55. The summed E-state index contributed by atoms with van der Waals surface area (Å²) < 4.78 is 6.84. The van der Waals surface area contributed by atoms with Crippen LogP contribution in [-0.2, 0) is 0 Å². The summed E-state index contributed by atoms with van der Waals surface area (Å²) in [5.74, 6) is 1.79. The molecule has 1 fully saturated rings. The van der Waals surface area contributed by atoms with E-state index in [1.165, 1.54) is 25.1 Å². The molecular formula is C14H19BrN2O. The van der Waals surface area contributed by atoms with Gasteiger partial charge in [-0.25, -0.2) is 0 Å². The van der Waals surface area contributed by atoms with Gasteiger partial charge in [0, 0.05) is 11.0 Å². The Balaban J connectivity index is 1.75. The summed E-state index contributed by atoms with van der Waals surface area (Å²) in [7, 11) is 0. The Morgan fingerprint density at radius 3 is 3.22 bits per heavy atom. The van der Waals surface area contributed by atoms with Gasteiger partial charge in [0.2, 0.25) is 0 Å². The van der Waals surface area contributed by atoms with Crippen LogP contribution in [0.1, 0.15) is 12.8 Å². The van der Waals surface area contributed by atoms with Crippen LogP contribution >= 0.6 is 15.9 Å². The quantitative estimate of drug-likeness (QED) is 0.909. The minimum Gasteiger partial charge on any atom is -0.490 e. The molecule has 1 aromatic carbocycles. The lowest BCUT2D eigenvalue weighted by atomic mass is 9.98. The van der Waals surface area contributed by atoms with Gasteiger partial charge in [-0.2, -0.15) is 0 Å². The fourth-order valence-corrected chi connectivity index (χ4v) is 3.18. The number of fused-ring (bicyclic) bond motifs is 1. The Morgan fingerprint density at radius 1 is 1.44 bits per heavy atom. The van der Waals surface area contributed by atoms with E-state index in [1.807, 2.05) is 6.07 Å². The first kappa shape index (κ1) is 12.3. The van der Waals surface area contributed by atoms with Crippen molar-refractivity contribution in [3.05, 3.63) is 22.7 Å². The third kappa shape index (κ3) is 2.64. The van der Waals surface area contributed by atoms with Crippen molar-refractivity contribution in [2.45, 2.75) is 12.8 Å². The molecule has 3 rings (SSSR count). The maximum atomic E-state index is 5.72. The number of piperidine rings is 1. The SMILES string of the molecule is Brc1ccc2c(c1)N(CC1CCCNC1)CCO2. The van der Waals surface area contributed by atoms with Gasteiger partial charge >= 0.3 is 0 Å². The van der Waals surface area contributed by atoms with Gasteiger partial charge in [0.05, 0.1) is 12.2 Å². The lowest BCUT2D eigenvalue weighted by molar-refractivity contribution is 0.295. The molecule has 1 unspecified atom stereocenters. The smallest absolute Gasteiger partial charge is 0.142 e. The van der Waals surface area contributed by atoms with E-state index in [0.29, 0.717) is 0 Å². The Bertz CT molecular complexity index is 418. The topological polar surface area (TPSA) is 24.5 Å². The predicted octanol–water partition coefficient (Wildman–Crippen LogP) is 2.65. The first-order valence-electron chi connectivity index (χ1n) is 6.71. The molecule has 18 heavy (non-hydrogen) atoms. The number of hydrogen-bond acceptors (Lipinski definition) is 3. The summed E-state index contributed by atoms with van der Waals surface area (Å²) in [5.41, 5.74) is 1.24. The monoisotopic (exact) mass is 310 g/mol. The highest BCUT2D eigenvalue weighted by Crippen LogP contribution is 2.34. The molecule has 4 heteroatoms. The van der Waals surface area contributed by atoms with E-state index >= 15 is 0 Å². The van der Waals surface area contributed by atoms with Crippen molar-refractivity contribution in [3.8, 4) is 5.75 Å². The molecule has 0 saturated carbocycles. The molecule has 2 aliphatic heterocycles. The molecule has 0 amide bonds. The van der Waals surface area contributed by atoms with Crippen LogP contribution < -0.4 is 15.0 Å². The van der Waals surface area contributed by atoms with E-state index in [4.69, 9.17) is 4.74 Å². The van der Waals surface area contributed by atoms with E-state index in [9.17, 15) is 0 Å². The van der Waals surface area contributed by atoms with E-state index in [0.717, 1.165) is 42.4 Å². The highest BCUT2D eigenvalue weighted by atomic mass is 79.9. The van der Waals surface area contributed by atoms with Crippen molar-refractivity contribution in [3.63, 3.8) is 0 Å². The van der Waals surface area contributed by atoms with Crippen LogP contribution in [0.15, 0.2) is 22.7 Å². The van der Waals surface area contributed by atoms with Gasteiger partial charge in [-0.05, 0) is 50.0 Å². The maximum absolute atomic E-state index is 5.72. The van der Waals surface area contributed by atoms with Crippen molar-refractivity contribution in [2.75, 3.05) is 37.7 Å². The lowest BCUT2D eigenvalue weighted by Gasteiger charge is -2.35. The summed E-state index contributed by atoms with van der Waals surface area (Å²) in [6.07, 6.45) is 2.65. The number of anilines is 1. The number of ether oxygens (including phenoxy) is 1. The zero-order chi connectivity index (χ0) is 12.4. The van der Waals surface area contributed by atoms with Crippen molar-refractivity contribution in [1.29, 1.82) is 0 Å². The minimum atomic E-state index is 0.767. The van der Waals surface area contributed by atoms with Crippen molar-refractivity contribution in [2.24, 2.45) is 5.92 Å². The van der Waals surface area contributed by atoms with Gasteiger partial charge in [-0.15, -0.1) is 0 Å². The predicted molar refractivity (Wildman–Crippen MR) is 77.4 cm³/mol. The second-order valence-electron chi connectivity index (χ2n) is 5.12. The van der Waals surface area contributed by atoms with E-state index < -0.39 is 0 Å². The lowest BCUT2D eigenvalue weighted by Crippen LogP contribution is -2.41. The fraction of sp³-hybridized carbons (Fsp3) is 0.571. The molecule has 0 aromatic heterocycles. The number of rotatable bonds is 2. The zero-order valence-corrected chi connectivity index (χ0v) is 12.1. The summed E-state index contributed by atoms with van der Waals surface area (Å²) in [6.45, 7) is 5.27. The normalized spacial score (nSPS) is 23.4. The molecule has 1 N–H and O–H groups in total. The van der Waals surface area contributed by atoms with Crippen molar-refractivity contribution >= 4 is 21.6 Å². The van der Waals surface area contributed by atoms with Crippen LogP contribution in [0, 0.1) is 5.92 Å². The van der Waals surface area contributed by atoms with Gasteiger partial charge in [0.15, 0.2) is 0 Å². The molecule has 0 radical (unpaired) electrons. The molecule has 0 bridgehead atoms. The highest BCUT2D eigenvalue weighted by Gasteiger charge is 2.22. The first-order valence-corrected chi connectivity index (χ1v) is 7.50. The van der Waals surface area contributed by atoms with Crippen molar-refractivity contribution < 1.29 is 4.74 Å². The van der Waals surface area contributed by atoms with E-state index in [-0.39, 0.29) is 0 Å². The average molecular weight is 311 g/mol. The number of hydrogen-bond donors (Lipinski definition) is 1. The molecule has 2 aliphatic rings. The number of benzene rings is 1. The number of nitrogens with zero attached hydrogens (tertiary/aromatic N) is 1. The number of halogens is 1. The molecular weight excluding hydrogens is 292 g/mol. The van der Waals surface area contributed by atoms with Gasteiger partial charge in [-0.1, -0.05) is 15.9 Å². The molecule has 1 saturated heterocycles. The third-order valence-electron chi connectivity index (χ3n) is 3.76. The van der Waals surface area contributed by atoms with Crippen molar-refractivity contribution in [1.82, 2.24) is 5.32 Å². The molecule has 2 heterocycles. The second-order valence-corrected chi connectivity index (χ2v) is 6.03. The highest BCUT2D eigenvalue weighted by molar-refractivity contribution is 9.10. The van der Waals surface area contributed by atoms with Gasteiger partial charge in [0.1, 0.15) is 12.4 Å². The maximum Gasteiger partial charge on any atom is 0.142 e. The largest absolute Gasteiger partial charge is 0.490 e. The summed E-state index contributed by atoms with van der Waals surface area (Å²) in [4.78, 5) is 2.47. The molecule has 1 aromatic rings. The molecule has 3 nitrogen and oxygen atoms in total.